The number of aromatic nitrogens is 1. The molecular formula is C21H18Cl2N2OS. The van der Waals surface area contributed by atoms with Gasteiger partial charge in [-0.25, -0.2) is 4.98 Å². The van der Waals surface area contributed by atoms with E-state index in [1.165, 1.54) is 6.42 Å². The van der Waals surface area contributed by atoms with Crippen molar-refractivity contribution in [1.29, 1.82) is 0 Å². The standard InChI is InChI=1S/C21H18Cl2N2OS/c22-18-10-15(21(26)25-8-2-1-3-9-25)4-5-17(18)16-11-19(27-13-16)14-6-7-24-20(23)12-14/h4-7,10-13H,1-3,8-9H2. The first-order valence-electron chi connectivity index (χ1n) is 8.91. The summed E-state index contributed by atoms with van der Waals surface area (Å²) in [4.78, 5) is 19.7. The Bertz CT molecular complexity index is 980. The fourth-order valence-electron chi connectivity index (χ4n) is 3.35. The van der Waals surface area contributed by atoms with Crippen LogP contribution in [0.25, 0.3) is 21.6 Å². The molecule has 6 heteroatoms. The van der Waals surface area contributed by atoms with Gasteiger partial charge in [0.05, 0.1) is 0 Å². The van der Waals surface area contributed by atoms with Gasteiger partial charge in [0.1, 0.15) is 5.15 Å². The number of pyridine rings is 1. The van der Waals surface area contributed by atoms with E-state index in [2.05, 4.69) is 16.4 Å². The number of thiophene rings is 1. The highest BCUT2D eigenvalue weighted by Gasteiger charge is 2.19. The van der Waals surface area contributed by atoms with Gasteiger partial charge in [-0.2, -0.15) is 0 Å². The minimum Gasteiger partial charge on any atom is -0.339 e. The molecule has 0 spiro atoms. The van der Waals surface area contributed by atoms with Crippen LogP contribution in [-0.4, -0.2) is 28.9 Å². The second kappa shape index (κ2) is 8.01. The topological polar surface area (TPSA) is 33.2 Å². The fraction of sp³-hybridized carbons (Fsp3) is 0.238. The molecule has 1 aliphatic rings. The van der Waals surface area contributed by atoms with Crippen molar-refractivity contribution < 1.29 is 4.79 Å². The Morgan fingerprint density at radius 3 is 2.56 bits per heavy atom. The number of likely N-dealkylation sites (tertiary alicyclic amines) is 1. The summed E-state index contributed by atoms with van der Waals surface area (Å²) in [5.74, 6) is 0.0700. The summed E-state index contributed by atoms with van der Waals surface area (Å²) in [6.07, 6.45) is 5.06. The second-order valence-electron chi connectivity index (χ2n) is 6.61. The molecule has 0 saturated carbocycles. The molecule has 1 amide bonds. The molecule has 0 atom stereocenters. The number of hydrogen-bond acceptors (Lipinski definition) is 3. The van der Waals surface area contributed by atoms with Crippen molar-refractivity contribution in [2.24, 2.45) is 0 Å². The molecule has 0 unspecified atom stereocenters. The Labute approximate surface area is 172 Å². The molecule has 1 fully saturated rings. The van der Waals surface area contributed by atoms with Gasteiger partial charge in [0, 0.05) is 40.3 Å². The zero-order valence-electron chi connectivity index (χ0n) is 14.6. The van der Waals surface area contributed by atoms with Gasteiger partial charge in [-0.05, 0) is 66.1 Å². The summed E-state index contributed by atoms with van der Waals surface area (Å²) in [5, 5.41) is 3.13. The van der Waals surface area contributed by atoms with E-state index >= 15 is 0 Å². The monoisotopic (exact) mass is 416 g/mol. The van der Waals surface area contributed by atoms with Gasteiger partial charge in [0.15, 0.2) is 0 Å². The van der Waals surface area contributed by atoms with Crippen LogP contribution >= 0.6 is 34.5 Å². The van der Waals surface area contributed by atoms with E-state index < -0.39 is 0 Å². The van der Waals surface area contributed by atoms with Crippen LogP contribution in [0.5, 0.6) is 0 Å². The summed E-state index contributed by atoms with van der Waals surface area (Å²) in [6.45, 7) is 1.67. The molecule has 0 N–H and O–H groups in total. The average molecular weight is 417 g/mol. The van der Waals surface area contributed by atoms with Crippen molar-refractivity contribution in [2.75, 3.05) is 13.1 Å². The third kappa shape index (κ3) is 4.03. The van der Waals surface area contributed by atoms with Crippen LogP contribution in [0.2, 0.25) is 10.2 Å². The van der Waals surface area contributed by atoms with Crippen LogP contribution in [0.1, 0.15) is 29.6 Å². The molecule has 1 aromatic carbocycles. The highest BCUT2D eigenvalue weighted by Crippen LogP contribution is 2.36. The van der Waals surface area contributed by atoms with E-state index in [1.54, 1.807) is 23.6 Å². The SMILES string of the molecule is O=C(c1ccc(-c2csc(-c3ccnc(Cl)c3)c2)c(Cl)c1)N1CCCCC1. The predicted molar refractivity (Wildman–Crippen MR) is 113 cm³/mol. The van der Waals surface area contributed by atoms with Crippen molar-refractivity contribution >= 4 is 40.4 Å². The molecule has 0 aliphatic carbocycles. The van der Waals surface area contributed by atoms with Crippen LogP contribution in [0.3, 0.4) is 0 Å². The summed E-state index contributed by atoms with van der Waals surface area (Å²) < 4.78 is 0. The molecule has 3 nitrogen and oxygen atoms in total. The molecule has 1 aliphatic heterocycles. The largest absolute Gasteiger partial charge is 0.339 e. The van der Waals surface area contributed by atoms with Gasteiger partial charge in [0.2, 0.25) is 0 Å². The molecule has 2 aromatic heterocycles. The Morgan fingerprint density at radius 1 is 1.00 bits per heavy atom. The number of rotatable bonds is 3. The number of carbonyl (C=O) groups is 1. The maximum Gasteiger partial charge on any atom is 0.253 e. The minimum atomic E-state index is 0.0700. The molecule has 0 bridgehead atoms. The van der Waals surface area contributed by atoms with Crippen LogP contribution in [0.15, 0.2) is 48.0 Å². The highest BCUT2D eigenvalue weighted by molar-refractivity contribution is 7.14. The lowest BCUT2D eigenvalue weighted by molar-refractivity contribution is 0.0724. The molecule has 1 saturated heterocycles. The fourth-order valence-corrected chi connectivity index (χ4v) is 4.72. The van der Waals surface area contributed by atoms with Gasteiger partial charge in [0.25, 0.3) is 5.91 Å². The van der Waals surface area contributed by atoms with E-state index in [1.807, 2.05) is 29.2 Å². The third-order valence-corrected chi connectivity index (χ3v) is 6.28. The minimum absolute atomic E-state index is 0.0700. The first kappa shape index (κ1) is 18.5. The van der Waals surface area contributed by atoms with Crippen molar-refractivity contribution in [1.82, 2.24) is 9.88 Å². The van der Waals surface area contributed by atoms with E-state index in [0.29, 0.717) is 15.7 Å². The molecule has 4 rings (SSSR count). The zero-order chi connectivity index (χ0) is 18.8. The maximum absolute atomic E-state index is 12.7. The van der Waals surface area contributed by atoms with E-state index in [9.17, 15) is 4.79 Å². The number of benzene rings is 1. The summed E-state index contributed by atoms with van der Waals surface area (Å²) in [7, 11) is 0. The van der Waals surface area contributed by atoms with Gasteiger partial charge in [-0.1, -0.05) is 29.3 Å². The van der Waals surface area contributed by atoms with E-state index in [-0.39, 0.29) is 5.91 Å². The van der Waals surface area contributed by atoms with Crippen LogP contribution in [0.4, 0.5) is 0 Å². The molecule has 3 heterocycles. The Morgan fingerprint density at radius 2 is 1.81 bits per heavy atom. The number of nitrogens with zero attached hydrogens (tertiary/aromatic N) is 2. The Kier molecular flexibility index (Phi) is 5.48. The molecule has 138 valence electrons. The van der Waals surface area contributed by atoms with Gasteiger partial charge < -0.3 is 4.90 Å². The van der Waals surface area contributed by atoms with E-state index in [4.69, 9.17) is 23.2 Å². The quantitative estimate of drug-likeness (QED) is 0.462. The number of amides is 1. The van der Waals surface area contributed by atoms with Gasteiger partial charge >= 0.3 is 0 Å². The number of piperidine rings is 1. The highest BCUT2D eigenvalue weighted by atomic mass is 35.5. The smallest absolute Gasteiger partial charge is 0.253 e. The van der Waals surface area contributed by atoms with Crippen LogP contribution in [-0.2, 0) is 0 Å². The average Bonchev–Trinajstić information content (AvgIpc) is 3.18. The lowest BCUT2D eigenvalue weighted by atomic mass is 10.0. The number of carbonyl (C=O) groups excluding carboxylic acids is 1. The molecule has 0 radical (unpaired) electrons. The lowest BCUT2D eigenvalue weighted by Gasteiger charge is -2.26. The van der Waals surface area contributed by atoms with E-state index in [0.717, 1.165) is 47.5 Å². The summed E-state index contributed by atoms with van der Waals surface area (Å²) >= 11 is 14.1. The van der Waals surface area contributed by atoms with Crippen molar-refractivity contribution in [3.05, 3.63) is 63.7 Å². The van der Waals surface area contributed by atoms with Gasteiger partial charge in [-0.3, -0.25) is 4.79 Å². The lowest BCUT2D eigenvalue weighted by Crippen LogP contribution is -2.35. The predicted octanol–water partition coefficient (Wildman–Crippen LogP) is 6.41. The molecule has 27 heavy (non-hydrogen) atoms. The first-order valence-corrected chi connectivity index (χ1v) is 10.5. The Balaban J connectivity index is 1.59. The van der Waals surface area contributed by atoms with Crippen molar-refractivity contribution in [3.63, 3.8) is 0 Å². The first-order chi connectivity index (χ1) is 13.1. The van der Waals surface area contributed by atoms with Gasteiger partial charge in [-0.15, -0.1) is 11.3 Å². The second-order valence-corrected chi connectivity index (χ2v) is 8.32. The number of hydrogen-bond donors (Lipinski definition) is 0. The molecule has 3 aromatic rings. The van der Waals surface area contributed by atoms with Crippen LogP contribution in [0, 0.1) is 0 Å². The van der Waals surface area contributed by atoms with Crippen molar-refractivity contribution in [2.45, 2.75) is 19.3 Å². The van der Waals surface area contributed by atoms with Crippen LogP contribution < -0.4 is 0 Å². The summed E-state index contributed by atoms with van der Waals surface area (Å²) in [5.41, 5.74) is 3.64. The third-order valence-electron chi connectivity index (χ3n) is 4.78. The normalized spacial score (nSPS) is 14.4. The Hall–Kier alpha value is -1.88. The van der Waals surface area contributed by atoms with Crippen molar-refractivity contribution in [3.8, 4) is 21.6 Å². The zero-order valence-corrected chi connectivity index (χ0v) is 16.9. The number of halogens is 2. The summed E-state index contributed by atoms with van der Waals surface area (Å²) in [6, 6.07) is 11.5. The maximum atomic E-state index is 12.7. The molecular weight excluding hydrogens is 399 g/mol.